The minimum atomic E-state index is -0.797. The lowest BCUT2D eigenvalue weighted by atomic mass is 9.92. The highest BCUT2D eigenvalue weighted by Crippen LogP contribution is 2.38. The molecule has 7 nitrogen and oxygen atoms in total. The molecular formula is C21H23N3O4. The van der Waals surface area contributed by atoms with E-state index < -0.39 is 17.6 Å². The standard InChI is InChI=1S/C21H23N3O4/c1-4-21(2)14-9-15(22-10-13(14)11-28-21)19(25)23-16-12-27-18-8-6-5-7-17(18)24(3)20(16)26/h5-10,16H,4,11-12H2,1-3H3,(H,23,25). The maximum atomic E-state index is 12.8. The molecule has 0 bridgehead atoms. The highest BCUT2D eigenvalue weighted by atomic mass is 16.5. The molecule has 2 unspecified atom stereocenters. The first-order valence-corrected chi connectivity index (χ1v) is 9.36. The molecular weight excluding hydrogens is 358 g/mol. The van der Waals surface area contributed by atoms with Crippen LogP contribution in [0, 0.1) is 0 Å². The van der Waals surface area contributed by atoms with Gasteiger partial charge in [-0.05, 0) is 37.1 Å². The van der Waals surface area contributed by atoms with Gasteiger partial charge in [-0.2, -0.15) is 0 Å². The number of likely N-dealkylation sites (N-methyl/N-ethyl adjacent to an activating group) is 1. The van der Waals surface area contributed by atoms with Gasteiger partial charge in [-0.25, -0.2) is 0 Å². The Balaban J connectivity index is 1.55. The zero-order valence-electron chi connectivity index (χ0n) is 16.2. The largest absolute Gasteiger partial charge is 0.489 e. The number of ether oxygens (including phenoxy) is 2. The van der Waals surface area contributed by atoms with Crippen LogP contribution in [0.3, 0.4) is 0 Å². The van der Waals surface area contributed by atoms with Crippen LogP contribution in [0.15, 0.2) is 36.5 Å². The Hall–Kier alpha value is -2.93. The number of amides is 2. The summed E-state index contributed by atoms with van der Waals surface area (Å²) in [6, 6.07) is 8.27. The fraction of sp³-hybridized carbons (Fsp3) is 0.381. The van der Waals surface area contributed by atoms with Gasteiger partial charge in [0.1, 0.15) is 24.1 Å². The number of hydrogen-bond donors (Lipinski definition) is 1. The smallest absolute Gasteiger partial charge is 0.270 e. The van der Waals surface area contributed by atoms with Crippen molar-refractivity contribution < 1.29 is 19.1 Å². The van der Waals surface area contributed by atoms with Crippen molar-refractivity contribution in [3.63, 3.8) is 0 Å². The maximum absolute atomic E-state index is 12.8. The van der Waals surface area contributed by atoms with Gasteiger partial charge in [0.05, 0.1) is 17.9 Å². The van der Waals surface area contributed by atoms with Crippen molar-refractivity contribution in [1.82, 2.24) is 10.3 Å². The lowest BCUT2D eigenvalue weighted by molar-refractivity contribution is -0.120. The first-order chi connectivity index (χ1) is 13.4. The molecule has 0 fully saturated rings. The van der Waals surface area contributed by atoms with Crippen LogP contribution in [0.5, 0.6) is 5.75 Å². The van der Waals surface area contributed by atoms with Crippen LogP contribution in [0.1, 0.15) is 41.9 Å². The van der Waals surface area contributed by atoms with Crippen molar-refractivity contribution in [3.05, 3.63) is 53.3 Å². The van der Waals surface area contributed by atoms with Gasteiger partial charge in [-0.1, -0.05) is 19.1 Å². The van der Waals surface area contributed by atoms with Gasteiger partial charge < -0.3 is 19.7 Å². The van der Waals surface area contributed by atoms with Crippen molar-refractivity contribution in [2.45, 2.75) is 38.5 Å². The Kier molecular flexibility index (Phi) is 4.55. The average Bonchev–Trinajstić information content (AvgIpc) is 3.01. The van der Waals surface area contributed by atoms with Crippen LogP contribution < -0.4 is 15.0 Å². The molecule has 2 aromatic rings. The van der Waals surface area contributed by atoms with Crippen LogP contribution in [0.4, 0.5) is 5.69 Å². The van der Waals surface area contributed by atoms with Crippen LogP contribution in [-0.4, -0.2) is 36.5 Å². The predicted octanol–water partition coefficient (Wildman–Crippen LogP) is 2.39. The number of nitrogens with zero attached hydrogens (tertiary/aromatic N) is 2. The second-order valence-electron chi connectivity index (χ2n) is 7.30. The molecule has 2 atom stereocenters. The molecule has 7 heteroatoms. The quantitative estimate of drug-likeness (QED) is 0.883. The second kappa shape index (κ2) is 6.91. The lowest BCUT2D eigenvalue weighted by Crippen LogP contribution is -2.49. The van der Waals surface area contributed by atoms with Crippen molar-refractivity contribution in [2.24, 2.45) is 0 Å². The summed E-state index contributed by atoms with van der Waals surface area (Å²) in [5.74, 6) is -0.0303. The summed E-state index contributed by atoms with van der Waals surface area (Å²) in [6.45, 7) is 4.61. The molecule has 1 N–H and O–H groups in total. The number of benzene rings is 1. The summed E-state index contributed by atoms with van der Waals surface area (Å²) >= 11 is 0. The Bertz CT molecular complexity index is 945. The number of fused-ring (bicyclic) bond motifs is 2. The summed E-state index contributed by atoms with van der Waals surface area (Å²) in [6.07, 6.45) is 2.47. The Morgan fingerprint density at radius 2 is 2.18 bits per heavy atom. The second-order valence-corrected chi connectivity index (χ2v) is 7.30. The number of aromatic nitrogens is 1. The van der Waals surface area contributed by atoms with Gasteiger partial charge in [0.15, 0.2) is 0 Å². The van der Waals surface area contributed by atoms with Gasteiger partial charge in [-0.15, -0.1) is 0 Å². The minimum absolute atomic E-state index is 0.0622. The summed E-state index contributed by atoms with van der Waals surface area (Å²) in [5.41, 5.74) is 2.49. The Morgan fingerprint density at radius 1 is 1.39 bits per heavy atom. The number of pyridine rings is 1. The van der Waals surface area contributed by atoms with E-state index in [0.717, 1.165) is 17.5 Å². The SMILES string of the molecule is CCC1(C)OCc2cnc(C(=O)NC3COc4ccccc4N(C)C3=O)cc21. The van der Waals surface area contributed by atoms with Crippen molar-refractivity contribution >= 4 is 17.5 Å². The van der Waals surface area contributed by atoms with Gasteiger partial charge in [0.2, 0.25) is 0 Å². The van der Waals surface area contributed by atoms with Gasteiger partial charge in [0.25, 0.3) is 11.8 Å². The molecule has 2 aliphatic heterocycles. The third-order valence-corrected chi connectivity index (χ3v) is 5.58. The molecule has 0 saturated carbocycles. The van der Waals surface area contributed by atoms with Crippen molar-refractivity contribution in [3.8, 4) is 5.75 Å². The number of para-hydroxylation sites is 2. The molecule has 146 valence electrons. The van der Waals surface area contributed by atoms with Crippen LogP contribution in [0.2, 0.25) is 0 Å². The molecule has 0 aliphatic carbocycles. The van der Waals surface area contributed by atoms with Crippen LogP contribution >= 0.6 is 0 Å². The highest BCUT2D eigenvalue weighted by molar-refractivity contribution is 6.02. The molecule has 4 rings (SSSR count). The molecule has 0 saturated heterocycles. The molecule has 0 spiro atoms. The van der Waals surface area contributed by atoms with E-state index in [1.54, 1.807) is 25.4 Å². The number of anilines is 1. The van der Waals surface area contributed by atoms with E-state index in [0.29, 0.717) is 18.0 Å². The third kappa shape index (κ3) is 3.01. The molecule has 1 aromatic carbocycles. The summed E-state index contributed by atoms with van der Waals surface area (Å²) in [5, 5.41) is 2.77. The fourth-order valence-electron chi connectivity index (χ4n) is 3.61. The van der Waals surface area contributed by atoms with E-state index in [9.17, 15) is 9.59 Å². The topological polar surface area (TPSA) is 80.8 Å². The van der Waals surface area contributed by atoms with E-state index in [4.69, 9.17) is 9.47 Å². The number of nitrogens with one attached hydrogen (secondary N) is 1. The molecule has 28 heavy (non-hydrogen) atoms. The lowest BCUT2D eigenvalue weighted by Gasteiger charge is -2.23. The third-order valence-electron chi connectivity index (χ3n) is 5.58. The first-order valence-electron chi connectivity index (χ1n) is 9.36. The predicted molar refractivity (Wildman–Crippen MR) is 103 cm³/mol. The molecule has 2 amide bonds. The van der Waals surface area contributed by atoms with Gasteiger partial charge in [0, 0.05) is 18.8 Å². The molecule has 1 aromatic heterocycles. The monoisotopic (exact) mass is 381 g/mol. The van der Waals surface area contributed by atoms with Gasteiger partial charge in [-0.3, -0.25) is 14.6 Å². The molecule has 0 radical (unpaired) electrons. The zero-order valence-corrected chi connectivity index (χ0v) is 16.2. The molecule has 2 aliphatic rings. The molecule has 3 heterocycles. The van der Waals surface area contributed by atoms with E-state index in [-0.39, 0.29) is 18.2 Å². The van der Waals surface area contributed by atoms with E-state index in [1.165, 1.54) is 4.90 Å². The van der Waals surface area contributed by atoms with Crippen molar-refractivity contribution in [2.75, 3.05) is 18.6 Å². The number of hydrogen-bond acceptors (Lipinski definition) is 5. The Labute approximate surface area is 163 Å². The highest BCUT2D eigenvalue weighted by Gasteiger charge is 2.36. The number of carbonyl (C=O) groups is 2. The zero-order chi connectivity index (χ0) is 19.9. The van der Waals surface area contributed by atoms with E-state index in [1.807, 2.05) is 32.0 Å². The normalized spacial score (nSPS) is 23.5. The minimum Gasteiger partial charge on any atom is -0.489 e. The maximum Gasteiger partial charge on any atom is 0.270 e. The summed E-state index contributed by atoms with van der Waals surface area (Å²) in [7, 11) is 1.67. The van der Waals surface area contributed by atoms with E-state index >= 15 is 0 Å². The van der Waals surface area contributed by atoms with Crippen molar-refractivity contribution in [1.29, 1.82) is 0 Å². The van der Waals surface area contributed by atoms with Crippen LogP contribution in [0.25, 0.3) is 0 Å². The average molecular weight is 381 g/mol. The summed E-state index contributed by atoms with van der Waals surface area (Å²) in [4.78, 5) is 31.4. The Morgan fingerprint density at radius 3 is 2.96 bits per heavy atom. The number of carbonyl (C=O) groups excluding carboxylic acids is 2. The van der Waals surface area contributed by atoms with E-state index in [2.05, 4.69) is 10.3 Å². The van der Waals surface area contributed by atoms with Crippen LogP contribution in [-0.2, 0) is 21.7 Å². The fourth-order valence-corrected chi connectivity index (χ4v) is 3.61. The summed E-state index contributed by atoms with van der Waals surface area (Å²) < 4.78 is 11.6. The first kappa shape index (κ1) is 18.4. The van der Waals surface area contributed by atoms with Gasteiger partial charge >= 0.3 is 0 Å². The number of rotatable bonds is 3.